The first-order valence-corrected chi connectivity index (χ1v) is 8.08. The zero-order valence-electron chi connectivity index (χ0n) is 12.6. The Kier molecular flexibility index (Phi) is 3.95. The van der Waals surface area contributed by atoms with Gasteiger partial charge in [0, 0.05) is 19.1 Å². The summed E-state index contributed by atoms with van der Waals surface area (Å²) in [5.74, 6) is 1.67. The summed E-state index contributed by atoms with van der Waals surface area (Å²) in [6.07, 6.45) is 8.23. The SMILES string of the molecule is c1cc(-c2nnc(C3CCN(CC4CCCO4)CC3)o2)co1. The van der Waals surface area contributed by atoms with Gasteiger partial charge in [0.05, 0.1) is 17.9 Å². The molecule has 2 fully saturated rings. The van der Waals surface area contributed by atoms with Gasteiger partial charge in [0.2, 0.25) is 5.89 Å². The maximum atomic E-state index is 5.81. The van der Waals surface area contributed by atoms with Crippen molar-refractivity contribution in [3.8, 4) is 11.5 Å². The van der Waals surface area contributed by atoms with Gasteiger partial charge in [-0.1, -0.05) is 0 Å². The summed E-state index contributed by atoms with van der Waals surface area (Å²) in [7, 11) is 0. The Hall–Kier alpha value is -1.66. The Morgan fingerprint density at radius 1 is 1.18 bits per heavy atom. The van der Waals surface area contributed by atoms with E-state index in [1.807, 2.05) is 6.07 Å². The predicted octanol–water partition coefficient (Wildman–Crippen LogP) is 2.69. The molecule has 1 atom stereocenters. The van der Waals surface area contributed by atoms with Crippen LogP contribution in [-0.4, -0.2) is 47.4 Å². The number of ether oxygens (including phenoxy) is 1. The van der Waals surface area contributed by atoms with Crippen LogP contribution in [0, 0.1) is 0 Å². The van der Waals surface area contributed by atoms with Crippen molar-refractivity contribution in [1.29, 1.82) is 0 Å². The molecule has 2 aliphatic heterocycles. The van der Waals surface area contributed by atoms with Crippen molar-refractivity contribution in [2.24, 2.45) is 0 Å². The molecule has 4 heterocycles. The number of piperidine rings is 1. The number of aromatic nitrogens is 2. The summed E-state index contributed by atoms with van der Waals surface area (Å²) in [5.41, 5.74) is 0.842. The van der Waals surface area contributed by atoms with E-state index in [2.05, 4.69) is 15.1 Å². The topological polar surface area (TPSA) is 64.5 Å². The van der Waals surface area contributed by atoms with E-state index in [0.29, 0.717) is 17.9 Å². The van der Waals surface area contributed by atoms with Gasteiger partial charge in [0.1, 0.15) is 6.26 Å². The molecule has 4 rings (SSSR count). The van der Waals surface area contributed by atoms with Crippen LogP contribution in [0.2, 0.25) is 0 Å². The number of rotatable bonds is 4. The van der Waals surface area contributed by atoms with E-state index in [-0.39, 0.29) is 0 Å². The molecule has 22 heavy (non-hydrogen) atoms. The molecular weight excluding hydrogens is 282 g/mol. The molecule has 6 nitrogen and oxygen atoms in total. The van der Waals surface area contributed by atoms with Crippen LogP contribution in [0.3, 0.4) is 0 Å². The fraction of sp³-hybridized carbons (Fsp3) is 0.625. The van der Waals surface area contributed by atoms with Crippen LogP contribution in [0.1, 0.15) is 37.5 Å². The van der Waals surface area contributed by atoms with E-state index in [4.69, 9.17) is 13.6 Å². The van der Waals surface area contributed by atoms with Gasteiger partial charge in [-0.05, 0) is 44.8 Å². The van der Waals surface area contributed by atoms with Crippen molar-refractivity contribution in [2.75, 3.05) is 26.2 Å². The zero-order valence-corrected chi connectivity index (χ0v) is 12.6. The third-order valence-corrected chi connectivity index (χ3v) is 4.63. The van der Waals surface area contributed by atoms with Crippen molar-refractivity contribution in [3.63, 3.8) is 0 Å². The van der Waals surface area contributed by atoms with Crippen LogP contribution >= 0.6 is 0 Å². The van der Waals surface area contributed by atoms with Crippen molar-refractivity contribution in [3.05, 3.63) is 24.5 Å². The lowest BCUT2D eigenvalue weighted by Crippen LogP contribution is -2.38. The highest BCUT2D eigenvalue weighted by molar-refractivity contribution is 5.49. The molecule has 0 spiro atoms. The van der Waals surface area contributed by atoms with E-state index < -0.39 is 0 Å². The average Bonchev–Trinajstić information content (AvgIpc) is 3.30. The Morgan fingerprint density at radius 2 is 2.09 bits per heavy atom. The molecule has 118 valence electrons. The third kappa shape index (κ3) is 2.94. The number of hydrogen-bond donors (Lipinski definition) is 0. The Balaban J connectivity index is 1.33. The zero-order chi connectivity index (χ0) is 14.8. The summed E-state index contributed by atoms with van der Waals surface area (Å²) in [4.78, 5) is 2.50. The van der Waals surface area contributed by atoms with Crippen LogP contribution in [0.15, 0.2) is 27.4 Å². The van der Waals surface area contributed by atoms with Crippen molar-refractivity contribution in [1.82, 2.24) is 15.1 Å². The monoisotopic (exact) mass is 303 g/mol. The fourth-order valence-corrected chi connectivity index (χ4v) is 3.34. The van der Waals surface area contributed by atoms with E-state index in [9.17, 15) is 0 Å². The molecule has 0 N–H and O–H groups in total. The van der Waals surface area contributed by atoms with E-state index >= 15 is 0 Å². The summed E-state index contributed by atoms with van der Waals surface area (Å²) in [5, 5.41) is 8.35. The van der Waals surface area contributed by atoms with Crippen LogP contribution < -0.4 is 0 Å². The largest absolute Gasteiger partial charge is 0.472 e. The molecule has 0 amide bonds. The molecule has 2 aliphatic rings. The second kappa shape index (κ2) is 6.22. The van der Waals surface area contributed by atoms with Crippen molar-refractivity contribution < 1.29 is 13.6 Å². The van der Waals surface area contributed by atoms with Gasteiger partial charge in [-0.3, -0.25) is 0 Å². The first kappa shape index (κ1) is 14.0. The number of likely N-dealkylation sites (tertiary alicyclic amines) is 1. The maximum Gasteiger partial charge on any atom is 0.250 e. The lowest BCUT2D eigenvalue weighted by Gasteiger charge is -2.31. The van der Waals surface area contributed by atoms with Crippen LogP contribution in [0.25, 0.3) is 11.5 Å². The highest BCUT2D eigenvalue weighted by Gasteiger charge is 2.27. The van der Waals surface area contributed by atoms with Gasteiger partial charge in [0.15, 0.2) is 0 Å². The molecule has 0 aromatic carbocycles. The van der Waals surface area contributed by atoms with Gasteiger partial charge >= 0.3 is 0 Å². The molecule has 0 saturated carbocycles. The lowest BCUT2D eigenvalue weighted by atomic mass is 9.96. The second-order valence-corrected chi connectivity index (χ2v) is 6.17. The number of hydrogen-bond acceptors (Lipinski definition) is 6. The van der Waals surface area contributed by atoms with Gasteiger partial charge in [-0.15, -0.1) is 10.2 Å². The quantitative estimate of drug-likeness (QED) is 0.865. The molecule has 6 heteroatoms. The third-order valence-electron chi connectivity index (χ3n) is 4.63. The van der Waals surface area contributed by atoms with Gasteiger partial charge in [-0.2, -0.15) is 0 Å². The first-order valence-electron chi connectivity index (χ1n) is 8.08. The molecular formula is C16H21N3O3. The Bertz CT molecular complexity index is 582. The number of nitrogens with zero attached hydrogens (tertiary/aromatic N) is 3. The average molecular weight is 303 g/mol. The van der Waals surface area contributed by atoms with E-state index in [0.717, 1.165) is 50.5 Å². The van der Waals surface area contributed by atoms with Gasteiger partial charge in [-0.25, -0.2) is 0 Å². The maximum absolute atomic E-state index is 5.81. The Labute approximate surface area is 129 Å². The molecule has 2 aromatic rings. The molecule has 2 saturated heterocycles. The highest BCUT2D eigenvalue weighted by atomic mass is 16.5. The normalized spacial score (nSPS) is 24.1. The minimum atomic E-state index is 0.369. The van der Waals surface area contributed by atoms with Crippen molar-refractivity contribution in [2.45, 2.75) is 37.7 Å². The Morgan fingerprint density at radius 3 is 2.82 bits per heavy atom. The first-order chi connectivity index (χ1) is 10.9. The van der Waals surface area contributed by atoms with Gasteiger partial charge < -0.3 is 18.5 Å². The molecule has 0 radical (unpaired) electrons. The van der Waals surface area contributed by atoms with Gasteiger partial charge in [0.25, 0.3) is 5.89 Å². The summed E-state index contributed by atoms with van der Waals surface area (Å²) < 4.78 is 16.6. The standard InChI is InChI=1S/C16H21N3O3/c1-2-14(21-8-1)10-19-6-3-12(4-7-19)15-17-18-16(22-15)13-5-9-20-11-13/h5,9,11-12,14H,1-4,6-8,10H2. The lowest BCUT2D eigenvalue weighted by molar-refractivity contribution is 0.0631. The highest BCUT2D eigenvalue weighted by Crippen LogP contribution is 2.30. The minimum absolute atomic E-state index is 0.369. The second-order valence-electron chi connectivity index (χ2n) is 6.17. The number of furan rings is 1. The van der Waals surface area contributed by atoms with Crippen LogP contribution in [0.4, 0.5) is 0 Å². The summed E-state index contributed by atoms with van der Waals surface area (Å²) >= 11 is 0. The smallest absolute Gasteiger partial charge is 0.250 e. The van der Waals surface area contributed by atoms with E-state index in [1.54, 1.807) is 12.5 Å². The van der Waals surface area contributed by atoms with E-state index in [1.165, 1.54) is 12.8 Å². The molecule has 0 bridgehead atoms. The van der Waals surface area contributed by atoms with Crippen LogP contribution in [-0.2, 0) is 4.74 Å². The minimum Gasteiger partial charge on any atom is -0.472 e. The van der Waals surface area contributed by atoms with Crippen molar-refractivity contribution >= 4 is 0 Å². The summed E-state index contributed by atoms with van der Waals surface area (Å²) in [6.45, 7) is 4.15. The summed E-state index contributed by atoms with van der Waals surface area (Å²) in [6, 6.07) is 1.83. The fourth-order valence-electron chi connectivity index (χ4n) is 3.34. The molecule has 0 aliphatic carbocycles. The molecule has 2 aromatic heterocycles. The van der Waals surface area contributed by atoms with Crippen LogP contribution in [0.5, 0.6) is 0 Å². The molecule has 1 unspecified atom stereocenters. The predicted molar refractivity (Wildman–Crippen MR) is 79.4 cm³/mol.